The Morgan fingerprint density at radius 3 is 2.71 bits per heavy atom. The summed E-state index contributed by atoms with van der Waals surface area (Å²) in [6, 6.07) is 9.99. The van der Waals surface area contributed by atoms with E-state index in [0.29, 0.717) is 5.02 Å². The number of amides is 1. The molecule has 0 spiro atoms. The second kappa shape index (κ2) is 6.91. The summed E-state index contributed by atoms with van der Waals surface area (Å²) in [5.74, 6) is -1.70. The second-order valence-electron chi connectivity index (χ2n) is 4.33. The topological polar surface area (TPSA) is 29.1 Å². The number of carbonyl (C=O) groups excluding carboxylic acids is 1. The maximum Gasteiger partial charge on any atom is 0.237 e. The fourth-order valence-corrected chi connectivity index (χ4v) is 2.81. The average Bonchev–Trinajstić information content (AvgIpc) is 2.43. The average molecular weight is 328 g/mol. The number of hydrogen-bond acceptors (Lipinski definition) is 2. The van der Waals surface area contributed by atoms with Crippen molar-refractivity contribution in [1.29, 1.82) is 0 Å². The summed E-state index contributed by atoms with van der Waals surface area (Å²) in [4.78, 5) is 12.8. The Kier molecular flexibility index (Phi) is 5.20. The van der Waals surface area contributed by atoms with E-state index in [-0.39, 0.29) is 5.69 Å². The number of rotatable bonds is 4. The molecule has 0 saturated carbocycles. The van der Waals surface area contributed by atoms with Crippen LogP contribution in [0.4, 0.5) is 14.5 Å². The Labute approximate surface area is 130 Å². The number of carbonyl (C=O) groups is 1. The van der Waals surface area contributed by atoms with E-state index in [1.807, 2.05) is 6.07 Å². The van der Waals surface area contributed by atoms with Gasteiger partial charge in [0.25, 0.3) is 0 Å². The molecule has 0 aromatic heterocycles. The zero-order valence-electron chi connectivity index (χ0n) is 11.1. The highest BCUT2D eigenvalue weighted by Gasteiger charge is 2.16. The molecule has 0 heterocycles. The summed E-state index contributed by atoms with van der Waals surface area (Å²) in [6.45, 7) is 1.68. The van der Waals surface area contributed by atoms with Crippen LogP contribution in [0, 0.1) is 11.6 Å². The van der Waals surface area contributed by atoms with E-state index in [2.05, 4.69) is 5.32 Å². The van der Waals surface area contributed by atoms with Crippen molar-refractivity contribution in [2.75, 3.05) is 5.32 Å². The van der Waals surface area contributed by atoms with Crippen molar-refractivity contribution >= 4 is 35.0 Å². The molecular formula is C15H12ClF2NOS. The van der Waals surface area contributed by atoms with Crippen molar-refractivity contribution in [3.8, 4) is 0 Å². The van der Waals surface area contributed by atoms with Crippen LogP contribution in [0.2, 0.25) is 5.02 Å². The van der Waals surface area contributed by atoms with E-state index in [4.69, 9.17) is 11.6 Å². The van der Waals surface area contributed by atoms with Crippen molar-refractivity contribution < 1.29 is 13.6 Å². The Morgan fingerprint density at radius 2 is 2.00 bits per heavy atom. The summed E-state index contributed by atoms with van der Waals surface area (Å²) in [7, 11) is 0. The van der Waals surface area contributed by atoms with Gasteiger partial charge < -0.3 is 5.32 Å². The summed E-state index contributed by atoms with van der Waals surface area (Å²) < 4.78 is 26.5. The molecule has 0 radical (unpaired) electrons. The minimum absolute atomic E-state index is 0.168. The van der Waals surface area contributed by atoms with Crippen LogP contribution in [0.3, 0.4) is 0 Å². The molecule has 1 atom stereocenters. The third-order valence-electron chi connectivity index (χ3n) is 2.66. The third kappa shape index (κ3) is 4.44. The van der Waals surface area contributed by atoms with Gasteiger partial charge in [-0.1, -0.05) is 17.7 Å². The maximum atomic E-state index is 13.5. The van der Waals surface area contributed by atoms with E-state index in [1.54, 1.807) is 25.1 Å². The normalized spacial score (nSPS) is 12.0. The molecule has 21 heavy (non-hydrogen) atoms. The van der Waals surface area contributed by atoms with Gasteiger partial charge in [-0.3, -0.25) is 4.79 Å². The molecule has 0 saturated heterocycles. The Hall–Kier alpha value is -1.59. The number of nitrogens with one attached hydrogen (secondary N) is 1. The summed E-state index contributed by atoms with van der Waals surface area (Å²) in [5, 5.41) is 2.47. The molecule has 1 N–H and O–H groups in total. The highest BCUT2D eigenvalue weighted by Crippen LogP contribution is 2.26. The van der Waals surface area contributed by atoms with Crippen LogP contribution in [0.25, 0.3) is 0 Å². The van der Waals surface area contributed by atoms with Crippen LogP contribution in [-0.4, -0.2) is 11.2 Å². The fourth-order valence-electron chi connectivity index (χ4n) is 1.63. The minimum atomic E-state index is -0.676. The minimum Gasteiger partial charge on any atom is -0.323 e. The van der Waals surface area contributed by atoms with Crippen molar-refractivity contribution in [3.05, 3.63) is 59.1 Å². The summed E-state index contributed by atoms with van der Waals surface area (Å²) in [6.07, 6.45) is 0. The first kappa shape index (κ1) is 15.8. The van der Waals surface area contributed by atoms with Crippen LogP contribution in [0.5, 0.6) is 0 Å². The van der Waals surface area contributed by atoms with Gasteiger partial charge in [-0.25, -0.2) is 8.78 Å². The number of thioether (sulfide) groups is 1. The van der Waals surface area contributed by atoms with Crippen LogP contribution in [0.15, 0.2) is 47.4 Å². The van der Waals surface area contributed by atoms with Crippen molar-refractivity contribution in [3.63, 3.8) is 0 Å². The summed E-state index contributed by atoms with van der Waals surface area (Å²) >= 11 is 7.15. The standard InChI is InChI=1S/C15H12ClF2NOS/c1-9(21-12-4-2-3-10(16)7-12)15(20)19-14-8-11(17)5-6-13(14)18/h2-9H,1H3,(H,19,20). The van der Waals surface area contributed by atoms with Gasteiger partial charge in [0.15, 0.2) is 0 Å². The monoisotopic (exact) mass is 327 g/mol. The van der Waals surface area contributed by atoms with Gasteiger partial charge in [0.2, 0.25) is 5.91 Å². The first-order valence-electron chi connectivity index (χ1n) is 6.14. The summed E-state index contributed by atoms with van der Waals surface area (Å²) in [5.41, 5.74) is -0.168. The Morgan fingerprint density at radius 1 is 1.24 bits per heavy atom. The SMILES string of the molecule is CC(Sc1cccc(Cl)c1)C(=O)Nc1cc(F)ccc1F. The largest absolute Gasteiger partial charge is 0.323 e. The molecule has 1 amide bonds. The predicted octanol–water partition coefficient (Wildman–Crippen LogP) is 4.74. The zero-order valence-corrected chi connectivity index (χ0v) is 12.6. The molecule has 6 heteroatoms. The third-order valence-corrected chi connectivity index (χ3v) is 3.99. The lowest BCUT2D eigenvalue weighted by molar-refractivity contribution is -0.115. The number of hydrogen-bond donors (Lipinski definition) is 1. The van der Waals surface area contributed by atoms with Crippen molar-refractivity contribution in [2.24, 2.45) is 0 Å². The van der Waals surface area contributed by atoms with Crippen LogP contribution < -0.4 is 5.32 Å². The molecule has 2 aromatic rings. The van der Waals surface area contributed by atoms with Gasteiger partial charge in [0.1, 0.15) is 11.6 Å². The molecule has 0 fully saturated rings. The lowest BCUT2D eigenvalue weighted by Crippen LogP contribution is -2.23. The van der Waals surface area contributed by atoms with E-state index >= 15 is 0 Å². The van der Waals surface area contributed by atoms with Crippen molar-refractivity contribution in [1.82, 2.24) is 0 Å². The molecule has 1 unspecified atom stereocenters. The van der Waals surface area contributed by atoms with Crippen LogP contribution in [0.1, 0.15) is 6.92 Å². The molecule has 0 aliphatic heterocycles. The van der Waals surface area contributed by atoms with Crippen LogP contribution in [-0.2, 0) is 4.79 Å². The van der Waals surface area contributed by atoms with Crippen LogP contribution >= 0.6 is 23.4 Å². The molecule has 2 rings (SSSR count). The smallest absolute Gasteiger partial charge is 0.237 e. The lowest BCUT2D eigenvalue weighted by Gasteiger charge is -2.12. The molecule has 0 aliphatic carbocycles. The highest BCUT2D eigenvalue weighted by molar-refractivity contribution is 8.00. The molecular weight excluding hydrogens is 316 g/mol. The van der Waals surface area contributed by atoms with Gasteiger partial charge >= 0.3 is 0 Å². The van der Waals surface area contributed by atoms with Crippen molar-refractivity contribution in [2.45, 2.75) is 17.1 Å². The van der Waals surface area contributed by atoms with Gasteiger partial charge in [-0.2, -0.15) is 0 Å². The van der Waals surface area contributed by atoms with E-state index in [9.17, 15) is 13.6 Å². The second-order valence-corrected chi connectivity index (χ2v) is 6.18. The van der Waals surface area contributed by atoms with Gasteiger partial charge in [0, 0.05) is 16.0 Å². The zero-order chi connectivity index (χ0) is 15.4. The molecule has 0 aliphatic rings. The lowest BCUT2D eigenvalue weighted by atomic mass is 10.3. The molecule has 0 bridgehead atoms. The first-order chi connectivity index (χ1) is 9.95. The van der Waals surface area contributed by atoms with Gasteiger partial charge in [-0.15, -0.1) is 11.8 Å². The van der Waals surface area contributed by atoms with E-state index in [1.165, 1.54) is 11.8 Å². The first-order valence-corrected chi connectivity index (χ1v) is 7.39. The molecule has 110 valence electrons. The number of benzene rings is 2. The Bertz CT molecular complexity index is 666. The predicted molar refractivity (Wildman–Crippen MR) is 81.8 cm³/mol. The molecule has 2 nitrogen and oxygen atoms in total. The quantitative estimate of drug-likeness (QED) is 0.822. The maximum absolute atomic E-state index is 13.5. The van der Waals surface area contributed by atoms with Gasteiger partial charge in [0.05, 0.1) is 10.9 Å². The highest BCUT2D eigenvalue weighted by atomic mass is 35.5. The Balaban J connectivity index is 2.04. The number of anilines is 1. The van der Waals surface area contributed by atoms with E-state index in [0.717, 1.165) is 23.1 Å². The fraction of sp³-hybridized carbons (Fsp3) is 0.133. The number of halogens is 3. The van der Waals surface area contributed by atoms with Gasteiger partial charge in [-0.05, 0) is 37.3 Å². The van der Waals surface area contributed by atoms with E-state index < -0.39 is 22.8 Å². The molecule has 2 aromatic carbocycles.